The zero-order chi connectivity index (χ0) is 15.5. The summed E-state index contributed by atoms with van der Waals surface area (Å²) in [7, 11) is 0. The van der Waals surface area contributed by atoms with E-state index < -0.39 is 5.91 Å². The molecule has 3 aromatic rings. The minimum atomic E-state index is -0.573. The fraction of sp³-hybridized carbons (Fsp3) is 0.0625. The highest BCUT2D eigenvalue weighted by atomic mass is 16.5. The van der Waals surface area contributed by atoms with Gasteiger partial charge in [0, 0.05) is 5.56 Å². The van der Waals surface area contributed by atoms with Crippen LogP contribution < -0.4 is 11.0 Å². The van der Waals surface area contributed by atoms with Crippen molar-refractivity contribution in [3.05, 3.63) is 76.3 Å². The first-order valence-corrected chi connectivity index (χ1v) is 6.66. The molecule has 0 unspecified atom stereocenters. The molecule has 3 rings (SSSR count). The van der Waals surface area contributed by atoms with Gasteiger partial charge < -0.3 is 0 Å². The smallest absolute Gasteiger partial charge is 0.274 e. The van der Waals surface area contributed by atoms with Crippen LogP contribution in [0, 0.1) is 0 Å². The maximum absolute atomic E-state index is 12.4. The Labute approximate surface area is 125 Å². The van der Waals surface area contributed by atoms with Crippen LogP contribution in [0.3, 0.4) is 0 Å². The Balaban J connectivity index is 1.92. The minimum Gasteiger partial charge on any atom is -0.294 e. The number of carbonyl (C=O) groups is 1. The highest BCUT2D eigenvalue weighted by Crippen LogP contribution is 2.08. The topological polar surface area (TPSA) is 84.2 Å². The molecule has 2 N–H and O–H groups in total. The summed E-state index contributed by atoms with van der Waals surface area (Å²) in [5.74, 6) is -0.573. The van der Waals surface area contributed by atoms with Gasteiger partial charge >= 0.3 is 0 Å². The fourth-order valence-electron chi connectivity index (χ4n) is 2.24. The molecule has 0 saturated carbocycles. The van der Waals surface area contributed by atoms with Crippen LogP contribution in [0.25, 0.3) is 10.9 Å². The highest BCUT2D eigenvalue weighted by molar-refractivity contribution is 5.93. The zero-order valence-electron chi connectivity index (χ0n) is 11.6. The average molecular weight is 295 g/mol. The summed E-state index contributed by atoms with van der Waals surface area (Å²) in [4.78, 5) is 27.9. The van der Waals surface area contributed by atoms with Crippen molar-refractivity contribution in [1.82, 2.24) is 15.0 Å². The van der Waals surface area contributed by atoms with Crippen LogP contribution in [0.4, 0.5) is 0 Å². The van der Waals surface area contributed by atoms with Gasteiger partial charge in [-0.15, -0.1) is 0 Å². The van der Waals surface area contributed by atoms with Gasteiger partial charge in [0.05, 0.1) is 23.8 Å². The summed E-state index contributed by atoms with van der Waals surface area (Å²) in [6.45, 7) is 0.359. The third kappa shape index (κ3) is 2.59. The zero-order valence-corrected chi connectivity index (χ0v) is 11.6. The summed E-state index contributed by atoms with van der Waals surface area (Å²) in [5.41, 5.74) is 3.33. The predicted octanol–water partition coefficient (Wildman–Crippen LogP) is 1.56. The molecule has 1 heterocycles. The lowest BCUT2D eigenvalue weighted by Gasteiger charge is -2.07. The van der Waals surface area contributed by atoms with E-state index in [0.29, 0.717) is 23.0 Å². The van der Waals surface area contributed by atoms with Crippen molar-refractivity contribution < 1.29 is 10.0 Å². The van der Waals surface area contributed by atoms with Gasteiger partial charge in [-0.05, 0) is 29.8 Å². The maximum Gasteiger partial charge on any atom is 0.274 e. The SMILES string of the molecule is O=C(NO)c1ccc(Cn2cnc3ccccc3c2=O)cc1. The van der Waals surface area contributed by atoms with Gasteiger partial charge in [-0.2, -0.15) is 0 Å². The standard InChI is InChI=1S/C16H13N3O3/c20-15(18-22)12-7-5-11(6-8-12)9-19-10-17-14-4-2-1-3-13(14)16(19)21/h1-8,10,22H,9H2,(H,18,20). The van der Waals surface area contributed by atoms with E-state index in [0.717, 1.165) is 5.56 Å². The predicted molar refractivity (Wildman–Crippen MR) is 80.8 cm³/mol. The van der Waals surface area contributed by atoms with Gasteiger partial charge in [0.25, 0.3) is 11.5 Å². The number of rotatable bonds is 3. The highest BCUT2D eigenvalue weighted by Gasteiger charge is 2.06. The molecule has 0 aliphatic carbocycles. The second-order valence-corrected chi connectivity index (χ2v) is 4.83. The van der Waals surface area contributed by atoms with Crippen LogP contribution in [-0.2, 0) is 6.54 Å². The minimum absolute atomic E-state index is 0.109. The number of fused-ring (bicyclic) bond motifs is 1. The van der Waals surface area contributed by atoms with E-state index in [-0.39, 0.29) is 5.56 Å². The Morgan fingerprint density at radius 2 is 1.86 bits per heavy atom. The molecule has 6 nitrogen and oxygen atoms in total. The molecule has 22 heavy (non-hydrogen) atoms. The summed E-state index contributed by atoms with van der Waals surface area (Å²) in [5, 5.41) is 9.15. The van der Waals surface area contributed by atoms with Gasteiger partial charge in [-0.1, -0.05) is 24.3 Å². The van der Waals surface area contributed by atoms with Crippen LogP contribution in [0.2, 0.25) is 0 Å². The largest absolute Gasteiger partial charge is 0.294 e. The Hall–Kier alpha value is -2.99. The monoisotopic (exact) mass is 295 g/mol. The van der Waals surface area contributed by atoms with Crippen molar-refractivity contribution >= 4 is 16.8 Å². The number of hydroxylamine groups is 1. The van der Waals surface area contributed by atoms with Crippen molar-refractivity contribution in [1.29, 1.82) is 0 Å². The lowest BCUT2D eigenvalue weighted by atomic mass is 10.1. The Morgan fingerprint density at radius 1 is 1.14 bits per heavy atom. The summed E-state index contributed by atoms with van der Waals surface area (Å²) in [6, 6.07) is 13.8. The van der Waals surface area contributed by atoms with E-state index in [1.807, 2.05) is 6.07 Å². The van der Waals surface area contributed by atoms with Gasteiger partial charge in [-0.3, -0.25) is 19.4 Å². The van der Waals surface area contributed by atoms with E-state index in [9.17, 15) is 9.59 Å². The first-order valence-electron chi connectivity index (χ1n) is 6.66. The van der Waals surface area contributed by atoms with Crippen molar-refractivity contribution in [2.24, 2.45) is 0 Å². The van der Waals surface area contributed by atoms with E-state index in [4.69, 9.17) is 5.21 Å². The molecule has 110 valence electrons. The van der Waals surface area contributed by atoms with Crippen LogP contribution in [0.15, 0.2) is 59.7 Å². The molecule has 0 radical (unpaired) electrons. The number of para-hydroxylation sites is 1. The van der Waals surface area contributed by atoms with Gasteiger partial charge in [0.2, 0.25) is 0 Å². The van der Waals surface area contributed by atoms with Crippen LogP contribution in [-0.4, -0.2) is 20.7 Å². The normalized spacial score (nSPS) is 10.6. The third-order valence-corrected chi connectivity index (χ3v) is 3.40. The molecular formula is C16H13N3O3. The second kappa shape index (κ2) is 5.79. The van der Waals surface area contributed by atoms with Crippen molar-refractivity contribution in [2.45, 2.75) is 6.54 Å². The van der Waals surface area contributed by atoms with Crippen LogP contribution in [0.1, 0.15) is 15.9 Å². The molecule has 6 heteroatoms. The van der Waals surface area contributed by atoms with Gasteiger partial charge in [0.1, 0.15) is 0 Å². The molecule has 1 aromatic heterocycles. The molecule has 0 spiro atoms. The summed E-state index contributed by atoms with van der Waals surface area (Å²) >= 11 is 0. The number of carbonyl (C=O) groups excluding carboxylic acids is 1. The average Bonchev–Trinajstić information content (AvgIpc) is 2.57. The van der Waals surface area contributed by atoms with E-state index in [1.165, 1.54) is 10.9 Å². The molecule has 2 aromatic carbocycles. The van der Waals surface area contributed by atoms with Crippen molar-refractivity contribution in [3.8, 4) is 0 Å². The van der Waals surface area contributed by atoms with Crippen molar-refractivity contribution in [2.75, 3.05) is 0 Å². The number of nitrogens with zero attached hydrogens (tertiary/aromatic N) is 2. The summed E-state index contributed by atoms with van der Waals surface area (Å²) in [6.07, 6.45) is 1.51. The molecule has 0 saturated heterocycles. The second-order valence-electron chi connectivity index (χ2n) is 4.83. The van der Waals surface area contributed by atoms with E-state index >= 15 is 0 Å². The number of hydrogen-bond acceptors (Lipinski definition) is 4. The van der Waals surface area contributed by atoms with E-state index in [2.05, 4.69) is 4.98 Å². The number of hydrogen-bond donors (Lipinski definition) is 2. The molecule has 0 atom stereocenters. The molecular weight excluding hydrogens is 282 g/mol. The number of nitrogens with one attached hydrogen (secondary N) is 1. The van der Waals surface area contributed by atoms with Crippen LogP contribution in [0.5, 0.6) is 0 Å². The number of amides is 1. The first-order chi connectivity index (χ1) is 10.7. The molecule has 1 amide bonds. The fourth-order valence-corrected chi connectivity index (χ4v) is 2.24. The maximum atomic E-state index is 12.4. The Morgan fingerprint density at radius 3 is 2.59 bits per heavy atom. The lowest BCUT2D eigenvalue weighted by Crippen LogP contribution is -2.21. The molecule has 0 fully saturated rings. The molecule has 0 aliphatic heterocycles. The molecule has 0 bridgehead atoms. The first kappa shape index (κ1) is 14.0. The lowest BCUT2D eigenvalue weighted by molar-refractivity contribution is 0.0706. The van der Waals surface area contributed by atoms with E-state index in [1.54, 1.807) is 47.9 Å². The summed E-state index contributed by atoms with van der Waals surface area (Å²) < 4.78 is 1.52. The quantitative estimate of drug-likeness (QED) is 0.567. The Bertz CT molecular complexity index is 885. The van der Waals surface area contributed by atoms with Crippen LogP contribution >= 0.6 is 0 Å². The Kier molecular flexibility index (Phi) is 3.67. The van der Waals surface area contributed by atoms with Gasteiger partial charge in [0.15, 0.2) is 0 Å². The number of benzene rings is 2. The van der Waals surface area contributed by atoms with Gasteiger partial charge in [-0.25, -0.2) is 10.5 Å². The molecule has 0 aliphatic rings. The third-order valence-electron chi connectivity index (χ3n) is 3.40. The van der Waals surface area contributed by atoms with Crippen molar-refractivity contribution in [3.63, 3.8) is 0 Å². The number of aromatic nitrogens is 2.